The van der Waals surface area contributed by atoms with E-state index in [0.29, 0.717) is 0 Å². The molecule has 78 valence electrons. The van der Waals surface area contributed by atoms with Crippen LogP contribution in [-0.2, 0) is 4.79 Å². The summed E-state index contributed by atoms with van der Waals surface area (Å²) >= 11 is 0. The van der Waals surface area contributed by atoms with E-state index in [0.717, 1.165) is 17.0 Å². The van der Waals surface area contributed by atoms with Crippen LogP contribution in [0.25, 0.3) is 0 Å². The van der Waals surface area contributed by atoms with E-state index in [2.05, 4.69) is 0 Å². The molecule has 0 unspecified atom stereocenters. The van der Waals surface area contributed by atoms with Crippen molar-refractivity contribution in [3.63, 3.8) is 0 Å². The fourth-order valence-electron chi connectivity index (χ4n) is 1.60. The molecule has 5 heteroatoms. The zero-order valence-corrected chi connectivity index (χ0v) is 7.88. The monoisotopic (exact) mass is 211 g/mol. The van der Waals surface area contributed by atoms with Crippen LogP contribution in [0.5, 0.6) is 0 Å². The first-order valence-corrected chi connectivity index (χ1v) is 4.41. The van der Waals surface area contributed by atoms with Gasteiger partial charge in [-0.3, -0.25) is 9.59 Å². The summed E-state index contributed by atoms with van der Waals surface area (Å²) in [6.07, 6.45) is 0. The Kier molecular flexibility index (Phi) is 2.03. The van der Waals surface area contributed by atoms with Crippen LogP contribution in [-0.4, -0.2) is 18.2 Å². The van der Waals surface area contributed by atoms with E-state index >= 15 is 0 Å². The van der Waals surface area contributed by atoms with Gasteiger partial charge in [-0.05, 0) is 13.0 Å². The van der Waals surface area contributed by atoms with Crippen LogP contribution in [0.2, 0.25) is 0 Å². The van der Waals surface area contributed by atoms with Crippen LogP contribution in [0.15, 0.2) is 12.1 Å². The lowest BCUT2D eigenvalue weighted by molar-refractivity contribution is -0.114. The van der Waals surface area contributed by atoms with Gasteiger partial charge in [0.05, 0.1) is 11.3 Å². The highest BCUT2D eigenvalue weighted by atomic mass is 19.2. The minimum absolute atomic E-state index is 0.0687. The summed E-state index contributed by atoms with van der Waals surface area (Å²) in [5.41, 5.74) is 0.0761. The van der Waals surface area contributed by atoms with E-state index in [1.807, 2.05) is 0 Å². The summed E-state index contributed by atoms with van der Waals surface area (Å²) in [5.74, 6) is -3.70. The van der Waals surface area contributed by atoms with Crippen LogP contribution >= 0.6 is 0 Å². The average molecular weight is 211 g/mol. The Labute approximate surface area is 84.3 Å². The molecule has 1 heterocycles. The topological polar surface area (TPSA) is 37.4 Å². The number of halogens is 2. The lowest BCUT2D eigenvalue weighted by Gasteiger charge is -2.12. The Bertz CT molecular complexity index is 471. The van der Waals surface area contributed by atoms with Crippen LogP contribution in [0.3, 0.4) is 0 Å². The van der Waals surface area contributed by atoms with Gasteiger partial charge in [0.15, 0.2) is 11.6 Å². The summed E-state index contributed by atoms with van der Waals surface area (Å²) in [4.78, 5) is 23.8. The number of benzene rings is 1. The van der Waals surface area contributed by atoms with Gasteiger partial charge in [0.25, 0.3) is 11.7 Å². The third kappa shape index (κ3) is 1.23. The number of amides is 1. The standard InChI is InChI=1S/C10H7F2NO2/c1-2-13-8-4-7(12)6(11)3-5(8)9(14)10(13)15/h3-4H,2H2,1H3. The highest BCUT2D eigenvalue weighted by Crippen LogP contribution is 2.30. The number of ketones is 1. The fourth-order valence-corrected chi connectivity index (χ4v) is 1.60. The summed E-state index contributed by atoms with van der Waals surface area (Å²) in [5, 5.41) is 0. The van der Waals surface area contributed by atoms with Crippen molar-refractivity contribution in [3.8, 4) is 0 Å². The number of anilines is 1. The Balaban J connectivity index is 2.66. The zero-order valence-electron chi connectivity index (χ0n) is 7.88. The van der Waals surface area contributed by atoms with Crippen molar-refractivity contribution in [3.05, 3.63) is 29.3 Å². The largest absolute Gasteiger partial charge is 0.305 e. The number of hydrogen-bond donors (Lipinski definition) is 0. The normalized spacial score (nSPS) is 14.7. The summed E-state index contributed by atoms with van der Waals surface area (Å²) in [6.45, 7) is 1.91. The molecule has 0 atom stereocenters. The molecule has 0 spiro atoms. The van der Waals surface area contributed by atoms with Gasteiger partial charge >= 0.3 is 0 Å². The Morgan fingerprint density at radius 2 is 1.80 bits per heavy atom. The van der Waals surface area contributed by atoms with E-state index in [4.69, 9.17) is 0 Å². The molecule has 1 aliphatic rings. The van der Waals surface area contributed by atoms with Gasteiger partial charge in [0, 0.05) is 12.6 Å². The number of hydrogen-bond acceptors (Lipinski definition) is 2. The first kappa shape index (κ1) is 9.76. The minimum atomic E-state index is -1.12. The van der Waals surface area contributed by atoms with E-state index in [-0.39, 0.29) is 17.8 Å². The van der Waals surface area contributed by atoms with Gasteiger partial charge in [-0.25, -0.2) is 8.78 Å². The molecule has 15 heavy (non-hydrogen) atoms. The molecule has 0 N–H and O–H groups in total. The van der Waals surface area contributed by atoms with Crippen molar-refractivity contribution in [1.29, 1.82) is 0 Å². The van der Waals surface area contributed by atoms with Gasteiger partial charge in [0.2, 0.25) is 0 Å². The van der Waals surface area contributed by atoms with Crippen molar-refractivity contribution in [2.45, 2.75) is 6.92 Å². The number of carbonyl (C=O) groups excluding carboxylic acids is 2. The van der Waals surface area contributed by atoms with Crippen LogP contribution < -0.4 is 4.90 Å². The summed E-state index contributed by atoms with van der Waals surface area (Å²) < 4.78 is 25.8. The number of rotatable bonds is 1. The maximum Gasteiger partial charge on any atom is 0.299 e. The molecule has 0 saturated carbocycles. The van der Waals surface area contributed by atoms with Gasteiger partial charge in [-0.1, -0.05) is 0 Å². The predicted octanol–water partition coefficient (Wildman–Crippen LogP) is 1.51. The van der Waals surface area contributed by atoms with E-state index in [1.165, 1.54) is 0 Å². The van der Waals surface area contributed by atoms with Crippen molar-refractivity contribution >= 4 is 17.4 Å². The third-order valence-electron chi connectivity index (χ3n) is 2.33. The van der Waals surface area contributed by atoms with E-state index in [9.17, 15) is 18.4 Å². The molecule has 0 bridgehead atoms. The Morgan fingerprint density at radius 3 is 2.40 bits per heavy atom. The van der Waals surface area contributed by atoms with Crippen molar-refractivity contribution in [1.82, 2.24) is 0 Å². The average Bonchev–Trinajstić information content (AvgIpc) is 2.42. The fraction of sp³-hybridized carbons (Fsp3) is 0.200. The smallest absolute Gasteiger partial charge is 0.299 e. The number of likely N-dealkylation sites (N-methyl/N-ethyl adjacent to an activating group) is 1. The molecular weight excluding hydrogens is 204 g/mol. The van der Waals surface area contributed by atoms with Crippen molar-refractivity contribution < 1.29 is 18.4 Å². The van der Waals surface area contributed by atoms with Gasteiger partial charge < -0.3 is 4.90 Å². The highest BCUT2D eigenvalue weighted by Gasteiger charge is 2.35. The number of carbonyl (C=O) groups is 2. The number of nitrogens with zero attached hydrogens (tertiary/aromatic N) is 1. The van der Waals surface area contributed by atoms with Crippen LogP contribution in [0.1, 0.15) is 17.3 Å². The van der Waals surface area contributed by atoms with Gasteiger partial charge in [-0.2, -0.15) is 0 Å². The van der Waals surface area contributed by atoms with E-state index < -0.39 is 23.3 Å². The second-order valence-corrected chi connectivity index (χ2v) is 3.16. The lowest BCUT2D eigenvalue weighted by atomic mass is 10.1. The molecule has 1 aromatic rings. The van der Waals surface area contributed by atoms with Crippen molar-refractivity contribution in [2.24, 2.45) is 0 Å². The predicted molar refractivity (Wildman–Crippen MR) is 48.7 cm³/mol. The minimum Gasteiger partial charge on any atom is -0.305 e. The zero-order chi connectivity index (χ0) is 11.2. The second kappa shape index (κ2) is 3.12. The SMILES string of the molecule is CCN1C(=O)C(=O)c2cc(F)c(F)cc21. The molecule has 0 radical (unpaired) electrons. The van der Waals surface area contributed by atoms with Gasteiger partial charge in [-0.15, -0.1) is 0 Å². The first-order valence-electron chi connectivity index (χ1n) is 4.41. The van der Waals surface area contributed by atoms with Gasteiger partial charge in [0.1, 0.15) is 0 Å². The Hall–Kier alpha value is -1.78. The number of Topliss-reactive ketones (excluding diaryl/α,β-unsaturated/α-hetero) is 1. The molecule has 0 aliphatic carbocycles. The summed E-state index contributed by atoms with van der Waals surface area (Å²) in [6, 6.07) is 1.64. The molecule has 2 rings (SSSR count). The lowest BCUT2D eigenvalue weighted by Crippen LogP contribution is -2.29. The van der Waals surface area contributed by atoms with Crippen molar-refractivity contribution in [2.75, 3.05) is 11.4 Å². The second-order valence-electron chi connectivity index (χ2n) is 3.16. The molecule has 1 aromatic carbocycles. The maximum absolute atomic E-state index is 12.9. The molecule has 1 amide bonds. The maximum atomic E-state index is 12.9. The molecule has 3 nitrogen and oxygen atoms in total. The quantitative estimate of drug-likeness (QED) is 0.660. The van der Waals surface area contributed by atoms with E-state index in [1.54, 1.807) is 6.92 Å². The number of fused-ring (bicyclic) bond motifs is 1. The van der Waals surface area contributed by atoms with Crippen LogP contribution in [0, 0.1) is 11.6 Å². The Morgan fingerprint density at radius 1 is 1.20 bits per heavy atom. The third-order valence-corrected chi connectivity index (χ3v) is 2.33. The van der Waals surface area contributed by atoms with Crippen LogP contribution in [0.4, 0.5) is 14.5 Å². The highest BCUT2D eigenvalue weighted by molar-refractivity contribution is 6.52. The molecule has 1 aliphatic heterocycles. The molecule has 0 aromatic heterocycles. The first-order chi connectivity index (χ1) is 7.06. The summed E-state index contributed by atoms with van der Waals surface area (Å²) in [7, 11) is 0. The molecule has 0 saturated heterocycles. The molecule has 0 fully saturated rings. The molecular formula is C10H7F2NO2.